The van der Waals surface area contributed by atoms with Crippen LogP contribution in [0.3, 0.4) is 0 Å². The average molecular weight is 491 g/mol. The molecule has 0 spiro atoms. The third-order valence-electron chi connectivity index (χ3n) is 5.00. The summed E-state index contributed by atoms with van der Waals surface area (Å²) in [5.74, 6) is 1.22. The number of guanidine groups is 1. The molecular weight excluding hydrogens is 456 g/mol. The van der Waals surface area contributed by atoms with Crippen LogP contribution in [0.25, 0.3) is 0 Å². The summed E-state index contributed by atoms with van der Waals surface area (Å²) in [7, 11) is 3.98. The lowest BCUT2D eigenvalue weighted by atomic mass is 10.1. The van der Waals surface area contributed by atoms with Crippen molar-refractivity contribution in [1.82, 2.24) is 20.4 Å². The van der Waals surface area contributed by atoms with E-state index < -0.39 is 0 Å². The number of likely N-dealkylation sites (N-methyl/N-ethyl adjacent to an activating group) is 1. The first-order valence-electron chi connectivity index (χ1n) is 9.58. The van der Waals surface area contributed by atoms with Crippen molar-refractivity contribution in [2.24, 2.45) is 10.9 Å². The molecule has 0 radical (unpaired) electrons. The van der Waals surface area contributed by atoms with Crippen molar-refractivity contribution in [3.8, 4) is 0 Å². The highest BCUT2D eigenvalue weighted by atomic mass is 127. The minimum absolute atomic E-state index is 0. The fourth-order valence-electron chi connectivity index (χ4n) is 3.28. The number of aliphatic imine (C=N–C) groups is 1. The van der Waals surface area contributed by atoms with Gasteiger partial charge in [0.1, 0.15) is 5.82 Å². The van der Waals surface area contributed by atoms with Gasteiger partial charge in [-0.2, -0.15) is 0 Å². The molecule has 1 saturated heterocycles. The normalized spacial score (nSPS) is 17.3. The molecule has 0 aromatic heterocycles. The molecule has 0 aliphatic carbocycles. The van der Waals surface area contributed by atoms with Crippen molar-refractivity contribution >= 4 is 29.9 Å². The molecule has 1 aromatic carbocycles. The van der Waals surface area contributed by atoms with Crippen LogP contribution in [0, 0.1) is 18.7 Å². The van der Waals surface area contributed by atoms with Crippen LogP contribution in [-0.4, -0.2) is 75.7 Å². The first kappa shape index (κ1) is 24.1. The van der Waals surface area contributed by atoms with Crippen LogP contribution in [0.4, 0.5) is 4.39 Å². The third kappa shape index (κ3) is 8.74. The summed E-state index contributed by atoms with van der Waals surface area (Å²) in [5.41, 5.74) is 2.16. The Bertz CT molecular complexity index is 588. The molecule has 1 aliphatic heterocycles. The zero-order valence-corrected chi connectivity index (χ0v) is 19.4. The number of hydrogen-bond acceptors (Lipinski definition) is 3. The average Bonchev–Trinajstić information content (AvgIpc) is 2.61. The Morgan fingerprint density at radius 1 is 1.22 bits per heavy atom. The molecule has 154 valence electrons. The van der Waals surface area contributed by atoms with E-state index in [2.05, 4.69) is 39.4 Å². The Morgan fingerprint density at radius 3 is 2.56 bits per heavy atom. The highest BCUT2D eigenvalue weighted by Gasteiger charge is 2.16. The van der Waals surface area contributed by atoms with E-state index in [1.807, 2.05) is 13.0 Å². The minimum Gasteiger partial charge on any atom is -0.356 e. The number of nitrogens with one attached hydrogen (secondary N) is 2. The summed E-state index contributed by atoms with van der Waals surface area (Å²) in [5, 5.41) is 6.77. The summed E-state index contributed by atoms with van der Waals surface area (Å²) in [6.07, 6.45) is 0.851. The van der Waals surface area contributed by atoms with Gasteiger partial charge in [-0.05, 0) is 49.6 Å². The van der Waals surface area contributed by atoms with Crippen LogP contribution in [0.1, 0.15) is 18.1 Å². The molecule has 1 fully saturated rings. The van der Waals surface area contributed by atoms with Crippen molar-refractivity contribution in [2.45, 2.75) is 20.3 Å². The molecule has 1 atom stereocenters. The van der Waals surface area contributed by atoms with Crippen LogP contribution in [0.2, 0.25) is 0 Å². The molecule has 7 heteroatoms. The summed E-state index contributed by atoms with van der Waals surface area (Å²) < 4.78 is 13.2. The molecule has 1 aliphatic rings. The van der Waals surface area contributed by atoms with Gasteiger partial charge in [-0.15, -0.1) is 24.0 Å². The quantitative estimate of drug-likeness (QED) is 0.349. The number of aryl methyl sites for hydroxylation is 1. The SMILES string of the molecule is CN=C(NCCc1ccc(F)cc1C)NCC(C)CN1CCN(C)CC1.I. The highest BCUT2D eigenvalue weighted by Crippen LogP contribution is 2.10. The van der Waals surface area contributed by atoms with Gasteiger partial charge >= 0.3 is 0 Å². The zero-order chi connectivity index (χ0) is 18.9. The topological polar surface area (TPSA) is 42.9 Å². The van der Waals surface area contributed by atoms with Crippen LogP contribution < -0.4 is 10.6 Å². The van der Waals surface area contributed by atoms with E-state index in [4.69, 9.17) is 0 Å². The lowest BCUT2D eigenvalue weighted by Crippen LogP contribution is -2.47. The monoisotopic (exact) mass is 491 g/mol. The number of rotatable bonds is 7. The maximum absolute atomic E-state index is 13.2. The smallest absolute Gasteiger partial charge is 0.190 e. The van der Waals surface area contributed by atoms with Gasteiger partial charge in [0.2, 0.25) is 0 Å². The van der Waals surface area contributed by atoms with Crippen molar-refractivity contribution in [2.75, 3.05) is 59.9 Å². The second-order valence-corrected chi connectivity index (χ2v) is 7.41. The number of piperazine rings is 1. The summed E-state index contributed by atoms with van der Waals surface area (Å²) in [6.45, 7) is 11.7. The van der Waals surface area contributed by atoms with E-state index in [0.717, 1.165) is 69.3 Å². The maximum Gasteiger partial charge on any atom is 0.190 e. The zero-order valence-electron chi connectivity index (χ0n) is 17.1. The van der Waals surface area contributed by atoms with Crippen LogP contribution in [0.5, 0.6) is 0 Å². The molecular formula is C20H35FIN5. The molecule has 2 N–H and O–H groups in total. The van der Waals surface area contributed by atoms with Gasteiger partial charge in [-0.1, -0.05) is 13.0 Å². The molecule has 0 bridgehead atoms. The first-order valence-corrected chi connectivity index (χ1v) is 9.58. The number of benzene rings is 1. The van der Waals surface area contributed by atoms with Crippen LogP contribution >= 0.6 is 24.0 Å². The van der Waals surface area contributed by atoms with Crippen molar-refractivity contribution in [3.05, 3.63) is 35.1 Å². The summed E-state index contributed by atoms with van der Waals surface area (Å²) in [4.78, 5) is 9.22. The molecule has 27 heavy (non-hydrogen) atoms. The molecule has 1 aromatic rings. The Labute approximate surface area is 180 Å². The summed E-state index contributed by atoms with van der Waals surface area (Å²) in [6, 6.07) is 4.97. The van der Waals surface area contributed by atoms with Gasteiger partial charge in [0, 0.05) is 52.9 Å². The highest BCUT2D eigenvalue weighted by molar-refractivity contribution is 14.0. The molecule has 1 unspecified atom stereocenters. The lowest BCUT2D eigenvalue weighted by Gasteiger charge is -2.34. The molecule has 1 heterocycles. The Balaban J connectivity index is 0.00000364. The van der Waals surface area contributed by atoms with Gasteiger partial charge in [0.25, 0.3) is 0 Å². The van der Waals surface area contributed by atoms with Gasteiger partial charge in [0.05, 0.1) is 0 Å². The predicted octanol–water partition coefficient (Wildman–Crippen LogP) is 2.34. The van der Waals surface area contributed by atoms with Gasteiger partial charge in [0.15, 0.2) is 5.96 Å². The van der Waals surface area contributed by atoms with Crippen LogP contribution in [0.15, 0.2) is 23.2 Å². The second kappa shape index (κ2) is 12.5. The maximum atomic E-state index is 13.2. The second-order valence-electron chi connectivity index (χ2n) is 7.41. The number of halogens is 2. The fourth-order valence-corrected chi connectivity index (χ4v) is 3.28. The lowest BCUT2D eigenvalue weighted by molar-refractivity contribution is 0.139. The number of hydrogen-bond donors (Lipinski definition) is 2. The van der Waals surface area contributed by atoms with E-state index in [9.17, 15) is 4.39 Å². The van der Waals surface area contributed by atoms with E-state index >= 15 is 0 Å². The molecule has 0 saturated carbocycles. The van der Waals surface area contributed by atoms with E-state index in [0.29, 0.717) is 5.92 Å². The molecule has 0 amide bonds. The fraction of sp³-hybridized carbons (Fsp3) is 0.650. The van der Waals surface area contributed by atoms with E-state index in [-0.39, 0.29) is 29.8 Å². The Hall–Kier alpha value is -0.930. The van der Waals surface area contributed by atoms with Gasteiger partial charge in [-0.25, -0.2) is 4.39 Å². The molecule has 5 nitrogen and oxygen atoms in total. The van der Waals surface area contributed by atoms with Crippen molar-refractivity contribution < 1.29 is 4.39 Å². The van der Waals surface area contributed by atoms with Gasteiger partial charge < -0.3 is 20.4 Å². The standard InChI is InChI=1S/C20H34FN5.HI/c1-16(15-26-11-9-25(4)10-12-26)14-24-20(22-3)23-8-7-18-5-6-19(21)13-17(18)2;/h5-6,13,16H,7-12,14-15H2,1-4H3,(H2,22,23,24);1H. The van der Waals surface area contributed by atoms with Gasteiger partial charge in [-0.3, -0.25) is 4.99 Å². The first-order chi connectivity index (χ1) is 12.5. The van der Waals surface area contributed by atoms with Crippen LogP contribution in [-0.2, 0) is 6.42 Å². The van der Waals surface area contributed by atoms with E-state index in [1.165, 1.54) is 6.07 Å². The van der Waals surface area contributed by atoms with Crippen molar-refractivity contribution in [3.63, 3.8) is 0 Å². The Kier molecular flexibility index (Phi) is 11.2. The predicted molar refractivity (Wildman–Crippen MR) is 123 cm³/mol. The Morgan fingerprint density at radius 2 is 1.93 bits per heavy atom. The molecule has 2 rings (SSSR count). The number of nitrogens with zero attached hydrogens (tertiary/aromatic N) is 3. The minimum atomic E-state index is -0.175. The van der Waals surface area contributed by atoms with Crippen molar-refractivity contribution in [1.29, 1.82) is 0 Å². The van der Waals surface area contributed by atoms with E-state index in [1.54, 1.807) is 13.1 Å². The summed E-state index contributed by atoms with van der Waals surface area (Å²) >= 11 is 0. The third-order valence-corrected chi connectivity index (χ3v) is 5.00. The largest absolute Gasteiger partial charge is 0.356 e.